The number of nitrogens with two attached hydrogens (primary N) is 1. The second-order valence-corrected chi connectivity index (χ2v) is 5.40. The van der Waals surface area contributed by atoms with Crippen LogP contribution in [-0.2, 0) is 10.3 Å². The maximum Gasteiger partial charge on any atom is 0.248 e. The third-order valence-corrected chi connectivity index (χ3v) is 3.43. The molecule has 1 atom stereocenters. The number of benzene rings is 2. The van der Waals surface area contributed by atoms with Crippen molar-refractivity contribution in [1.29, 1.82) is 0 Å². The van der Waals surface area contributed by atoms with Crippen molar-refractivity contribution in [2.45, 2.75) is 25.8 Å². The molecule has 0 aromatic heterocycles. The molecule has 116 valence electrons. The zero-order valence-electron chi connectivity index (χ0n) is 13.0. The summed E-state index contributed by atoms with van der Waals surface area (Å²) >= 11 is 0. The Morgan fingerprint density at radius 2 is 1.77 bits per heavy atom. The van der Waals surface area contributed by atoms with Gasteiger partial charge in [0.15, 0.2) is 0 Å². The van der Waals surface area contributed by atoms with Gasteiger partial charge in [-0.2, -0.15) is 0 Å². The number of hydrogen-bond acceptors (Lipinski definition) is 3. The molecule has 1 unspecified atom stereocenters. The molecule has 4 nitrogen and oxygen atoms in total. The highest BCUT2D eigenvalue weighted by molar-refractivity contribution is 5.98. The molecule has 0 heterocycles. The van der Waals surface area contributed by atoms with Crippen LogP contribution in [0.1, 0.15) is 25.8 Å². The molecule has 0 saturated carbocycles. The summed E-state index contributed by atoms with van der Waals surface area (Å²) in [4.78, 5) is 12.4. The topological polar surface area (TPSA) is 64.3 Å². The number of rotatable bonds is 6. The summed E-state index contributed by atoms with van der Waals surface area (Å²) in [7, 11) is 0. The fraction of sp³-hybridized carbons (Fsp3) is 0.278. The molecule has 0 aliphatic heterocycles. The molecule has 2 aromatic rings. The van der Waals surface area contributed by atoms with E-state index in [0.717, 1.165) is 17.7 Å². The third kappa shape index (κ3) is 3.86. The Balaban J connectivity index is 2.05. The average Bonchev–Trinajstić information content (AvgIpc) is 2.55. The van der Waals surface area contributed by atoms with E-state index in [1.165, 1.54) is 0 Å². The minimum absolute atomic E-state index is 0.249. The van der Waals surface area contributed by atoms with Gasteiger partial charge in [0.25, 0.3) is 0 Å². The number of ether oxygens (including phenoxy) is 1. The summed E-state index contributed by atoms with van der Waals surface area (Å²) in [5.74, 6) is 0.541. The maximum atomic E-state index is 12.4. The van der Waals surface area contributed by atoms with Gasteiger partial charge in [0.1, 0.15) is 11.3 Å². The Hall–Kier alpha value is -2.33. The van der Waals surface area contributed by atoms with Crippen LogP contribution in [-0.4, -0.2) is 12.5 Å². The monoisotopic (exact) mass is 298 g/mol. The van der Waals surface area contributed by atoms with Crippen molar-refractivity contribution >= 4 is 11.6 Å². The van der Waals surface area contributed by atoms with E-state index in [1.807, 2.05) is 54.6 Å². The van der Waals surface area contributed by atoms with Crippen LogP contribution in [0.25, 0.3) is 0 Å². The Labute approximate surface area is 131 Å². The lowest BCUT2D eigenvalue weighted by molar-refractivity contribution is -0.120. The number of nitrogens with one attached hydrogen (secondary N) is 1. The molecule has 0 saturated heterocycles. The first-order valence-electron chi connectivity index (χ1n) is 7.42. The molecular formula is C18H22N2O2. The van der Waals surface area contributed by atoms with Gasteiger partial charge in [-0.25, -0.2) is 0 Å². The predicted octanol–water partition coefficient (Wildman–Crippen LogP) is 3.29. The minimum Gasteiger partial charge on any atom is -0.494 e. The molecule has 0 bridgehead atoms. The summed E-state index contributed by atoms with van der Waals surface area (Å²) in [6.07, 6.45) is 0.959. The van der Waals surface area contributed by atoms with Gasteiger partial charge in [-0.1, -0.05) is 37.3 Å². The summed E-state index contributed by atoms with van der Waals surface area (Å²) in [5.41, 5.74) is 6.57. The van der Waals surface area contributed by atoms with Crippen LogP contribution >= 0.6 is 0 Å². The SMILES string of the molecule is CCCOc1ccc(NC(=O)C(C)(N)c2ccccc2)cc1. The predicted molar refractivity (Wildman–Crippen MR) is 88.8 cm³/mol. The normalized spacial score (nSPS) is 13.2. The number of anilines is 1. The van der Waals surface area contributed by atoms with Crippen LogP contribution < -0.4 is 15.8 Å². The second kappa shape index (κ2) is 7.09. The van der Waals surface area contributed by atoms with Gasteiger partial charge < -0.3 is 15.8 Å². The van der Waals surface area contributed by atoms with Gasteiger partial charge in [-0.3, -0.25) is 4.79 Å². The molecule has 0 radical (unpaired) electrons. The molecule has 1 amide bonds. The molecule has 3 N–H and O–H groups in total. The molecule has 2 rings (SSSR count). The highest BCUT2D eigenvalue weighted by atomic mass is 16.5. The summed E-state index contributed by atoms with van der Waals surface area (Å²) in [5, 5.41) is 2.84. The van der Waals surface area contributed by atoms with Gasteiger partial charge in [0.2, 0.25) is 5.91 Å². The zero-order valence-corrected chi connectivity index (χ0v) is 13.0. The van der Waals surface area contributed by atoms with Crippen molar-refractivity contribution in [2.24, 2.45) is 5.73 Å². The molecular weight excluding hydrogens is 276 g/mol. The van der Waals surface area contributed by atoms with E-state index in [0.29, 0.717) is 12.3 Å². The molecule has 4 heteroatoms. The van der Waals surface area contributed by atoms with Crippen LogP contribution in [0.3, 0.4) is 0 Å². The molecule has 0 aliphatic carbocycles. The molecule has 22 heavy (non-hydrogen) atoms. The Bertz CT molecular complexity index is 607. The molecule has 0 spiro atoms. The fourth-order valence-electron chi connectivity index (χ4n) is 2.03. The fourth-order valence-corrected chi connectivity index (χ4v) is 2.03. The van der Waals surface area contributed by atoms with E-state index in [-0.39, 0.29) is 5.91 Å². The minimum atomic E-state index is -1.08. The van der Waals surface area contributed by atoms with Crippen LogP contribution in [0.5, 0.6) is 5.75 Å². The average molecular weight is 298 g/mol. The lowest BCUT2D eigenvalue weighted by Gasteiger charge is -2.24. The van der Waals surface area contributed by atoms with Crippen molar-refractivity contribution in [3.05, 3.63) is 60.2 Å². The Morgan fingerprint density at radius 3 is 2.36 bits per heavy atom. The lowest BCUT2D eigenvalue weighted by atomic mass is 9.92. The highest BCUT2D eigenvalue weighted by Crippen LogP contribution is 2.21. The van der Waals surface area contributed by atoms with Crippen LogP contribution in [0.4, 0.5) is 5.69 Å². The quantitative estimate of drug-likeness (QED) is 0.860. The standard InChI is InChI=1S/C18H22N2O2/c1-3-13-22-16-11-9-15(10-12-16)20-17(21)18(2,19)14-7-5-4-6-8-14/h4-12H,3,13,19H2,1-2H3,(H,20,21). The number of hydrogen-bond donors (Lipinski definition) is 2. The van der Waals surface area contributed by atoms with Gasteiger partial charge in [0, 0.05) is 5.69 Å². The third-order valence-electron chi connectivity index (χ3n) is 3.43. The van der Waals surface area contributed by atoms with Crippen molar-refractivity contribution < 1.29 is 9.53 Å². The van der Waals surface area contributed by atoms with Gasteiger partial charge in [-0.05, 0) is 43.2 Å². The van der Waals surface area contributed by atoms with Gasteiger partial charge >= 0.3 is 0 Å². The molecule has 0 aliphatic rings. The van der Waals surface area contributed by atoms with Crippen molar-refractivity contribution in [1.82, 2.24) is 0 Å². The zero-order chi connectivity index (χ0) is 16.0. The lowest BCUT2D eigenvalue weighted by Crippen LogP contribution is -2.45. The molecule has 2 aromatic carbocycles. The van der Waals surface area contributed by atoms with E-state index >= 15 is 0 Å². The number of amides is 1. The Morgan fingerprint density at radius 1 is 1.14 bits per heavy atom. The van der Waals surface area contributed by atoms with Crippen molar-refractivity contribution in [2.75, 3.05) is 11.9 Å². The van der Waals surface area contributed by atoms with Crippen molar-refractivity contribution in [3.8, 4) is 5.75 Å². The van der Waals surface area contributed by atoms with E-state index in [2.05, 4.69) is 12.2 Å². The highest BCUT2D eigenvalue weighted by Gasteiger charge is 2.30. The second-order valence-electron chi connectivity index (χ2n) is 5.40. The van der Waals surface area contributed by atoms with Crippen LogP contribution in [0.15, 0.2) is 54.6 Å². The van der Waals surface area contributed by atoms with Crippen molar-refractivity contribution in [3.63, 3.8) is 0 Å². The van der Waals surface area contributed by atoms with Gasteiger partial charge in [-0.15, -0.1) is 0 Å². The largest absolute Gasteiger partial charge is 0.494 e. The summed E-state index contributed by atoms with van der Waals surface area (Å²) < 4.78 is 5.51. The smallest absolute Gasteiger partial charge is 0.248 e. The van der Waals surface area contributed by atoms with E-state index in [4.69, 9.17) is 10.5 Å². The number of carbonyl (C=O) groups is 1. The van der Waals surface area contributed by atoms with Crippen LogP contribution in [0.2, 0.25) is 0 Å². The molecule has 0 fully saturated rings. The van der Waals surface area contributed by atoms with E-state index in [9.17, 15) is 4.79 Å². The van der Waals surface area contributed by atoms with Crippen LogP contribution in [0, 0.1) is 0 Å². The summed E-state index contributed by atoms with van der Waals surface area (Å²) in [6, 6.07) is 16.6. The Kier molecular flexibility index (Phi) is 5.17. The first-order valence-corrected chi connectivity index (χ1v) is 7.42. The first-order chi connectivity index (χ1) is 10.5. The van der Waals surface area contributed by atoms with Gasteiger partial charge in [0.05, 0.1) is 6.61 Å². The summed E-state index contributed by atoms with van der Waals surface area (Å²) in [6.45, 7) is 4.44. The maximum absolute atomic E-state index is 12.4. The van der Waals surface area contributed by atoms with E-state index < -0.39 is 5.54 Å². The first kappa shape index (κ1) is 16.0. The number of carbonyl (C=O) groups excluding carboxylic acids is 1. The van der Waals surface area contributed by atoms with E-state index in [1.54, 1.807) is 6.92 Å².